The lowest BCUT2D eigenvalue weighted by Gasteiger charge is -2.41. The van der Waals surface area contributed by atoms with E-state index >= 15 is 0 Å². The van der Waals surface area contributed by atoms with Crippen LogP contribution in [-0.2, 0) is 11.0 Å². The Kier molecular flexibility index (Phi) is 6.79. The van der Waals surface area contributed by atoms with Crippen molar-refractivity contribution in [2.45, 2.75) is 25.4 Å². The lowest BCUT2D eigenvalue weighted by atomic mass is 9.76. The number of alkyl halides is 3. The maximum Gasteiger partial charge on any atom is 0.416 e. The number of halogens is 4. The van der Waals surface area contributed by atoms with Gasteiger partial charge in [-0.25, -0.2) is 0 Å². The zero-order chi connectivity index (χ0) is 22.6. The van der Waals surface area contributed by atoms with Crippen LogP contribution < -0.4 is 10.5 Å². The van der Waals surface area contributed by atoms with E-state index in [9.17, 15) is 22.8 Å². The number of primary amides is 1. The van der Waals surface area contributed by atoms with Crippen LogP contribution in [-0.4, -0.2) is 36.4 Å². The molecule has 2 amide bonds. The van der Waals surface area contributed by atoms with Gasteiger partial charge in [0, 0.05) is 35.5 Å². The highest BCUT2D eigenvalue weighted by Crippen LogP contribution is 2.37. The van der Waals surface area contributed by atoms with Gasteiger partial charge < -0.3 is 15.4 Å². The third-order valence-electron chi connectivity index (χ3n) is 5.44. The van der Waals surface area contributed by atoms with Gasteiger partial charge in [0.25, 0.3) is 5.91 Å². The van der Waals surface area contributed by atoms with Crippen molar-refractivity contribution in [2.24, 2.45) is 11.1 Å². The van der Waals surface area contributed by atoms with Crippen LogP contribution in [0.5, 0.6) is 5.75 Å². The number of rotatable bonds is 6. The van der Waals surface area contributed by atoms with E-state index in [4.69, 9.17) is 22.1 Å². The van der Waals surface area contributed by atoms with Crippen LogP contribution in [0.3, 0.4) is 0 Å². The van der Waals surface area contributed by atoms with Gasteiger partial charge >= 0.3 is 6.18 Å². The Bertz CT molecular complexity index is 957. The second-order valence-electron chi connectivity index (χ2n) is 7.76. The summed E-state index contributed by atoms with van der Waals surface area (Å²) in [5.41, 5.74) is 3.98. The average molecular weight is 455 g/mol. The number of ether oxygens (including phenoxy) is 1. The van der Waals surface area contributed by atoms with Crippen molar-refractivity contribution in [3.8, 4) is 5.75 Å². The Morgan fingerprint density at radius 3 is 2.39 bits per heavy atom. The zero-order valence-corrected chi connectivity index (χ0v) is 17.4. The van der Waals surface area contributed by atoms with Gasteiger partial charge in [-0.2, -0.15) is 13.2 Å². The minimum Gasteiger partial charge on any atom is -0.493 e. The number of hydrogen-bond acceptors (Lipinski definition) is 3. The molecule has 2 N–H and O–H groups in total. The number of hydrogen-bond donors (Lipinski definition) is 1. The van der Waals surface area contributed by atoms with Gasteiger partial charge in [-0.3, -0.25) is 9.59 Å². The van der Waals surface area contributed by atoms with E-state index in [0.717, 1.165) is 12.1 Å². The summed E-state index contributed by atoms with van der Waals surface area (Å²) in [4.78, 5) is 25.9. The molecular formula is C22H22ClF3N2O3. The molecule has 0 unspecified atom stereocenters. The van der Waals surface area contributed by atoms with Crippen molar-refractivity contribution in [1.29, 1.82) is 0 Å². The number of benzene rings is 2. The molecule has 1 fully saturated rings. The fourth-order valence-corrected chi connectivity index (χ4v) is 3.91. The minimum atomic E-state index is -4.52. The summed E-state index contributed by atoms with van der Waals surface area (Å²) in [5, 5.41) is 0.517. The Morgan fingerprint density at radius 1 is 1.10 bits per heavy atom. The van der Waals surface area contributed by atoms with Crippen molar-refractivity contribution < 1.29 is 27.5 Å². The number of carbonyl (C=O) groups is 2. The van der Waals surface area contributed by atoms with Gasteiger partial charge in [0.05, 0.1) is 12.2 Å². The Labute approximate surface area is 182 Å². The standard InChI is InChI=1S/C22H22ClF3N2O3/c23-17-5-2-6-18(12-17)31-14-21(13-19(27)29)7-9-28(10-8-21)20(30)15-3-1-4-16(11-15)22(24,25)26/h1-6,11-12H,7-10,13-14H2,(H2,27,29). The topological polar surface area (TPSA) is 72.6 Å². The summed E-state index contributed by atoms with van der Waals surface area (Å²) in [6.45, 7) is 0.768. The van der Waals surface area contributed by atoms with Gasteiger partial charge in [0.1, 0.15) is 5.75 Å². The van der Waals surface area contributed by atoms with Crippen LogP contribution in [0.2, 0.25) is 5.02 Å². The van der Waals surface area contributed by atoms with E-state index in [0.29, 0.717) is 23.6 Å². The summed E-state index contributed by atoms with van der Waals surface area (Å²) in [7, 11) is 0. The van der Waals surface area contributed by atoms with Gasteiger partial charge in [-0.1, -0.05) is 23.7 Å². The summed E-state index contributed by atoms with van der Waals surface area (Å²) in [6.07, 6.45) is -3.58. The molecule has 1 aliphatic rings. The second kappa shape index (κ2) is 9.18. The average Bonchev–Trinajstić information content (AvgIpc) is 2.71. The third kappa shape index (κ3) is 5.91. The number of nitrogens with two attached hydrogens (primary N) is 1. The highest BCUT2D eigenvalue weighted by molar-refractivity contribution is 6.30. The molecule has 2 aromatic rings. The van der Waals surface area contributed by atoms with Crippen molar-refractivity contribution in [2.75, 3.05) is 19.7 Å². The molecule has 0 radical (unpaired) electrons. The lowest BCUT2D eigenvalue weighted by molar-refractivity contribution is -0.137. The monoisotopic (exact) mass is 454 g/mol. The van der Waals surface area contributed by atoms with E-state index in [2.05, 4.69) is 0 Å². The molecule has 0 bridgehead atoms. The maximum absolute atomic E-state index is 13.0. The van der Waals surface area contributed by atoms with E-state index in [1.165, 1.54) is 17.0 Å². The molecule has 0 aromatic heterocycles. The zero-order valence-electron chi connectivity index (χ0n) is 16.6. The number of piperidine rings is 1. The Hall–Kier alpha value is -2.74. The lowest BCUT2D eigenvalue weighted by Crippen LogP contribution is -2.47. The molecule has 1 saturated heterocycles. The summed E-state index contributed by atoms with van der Waals surface area (Å²) in [6, 6.07) is 11.2. The van der Waals surface area contributed by atoms with Crippen LogP contribution in [0.25, 0.3) is 0 Å². The van der Waals surface area contributed by atoms with Gasteiger partial charge in [0.2, 0.25) is 5.91 Å². The number of carbonyl (C=O) groups excluding carboxylic acids is 2. The predicted molar refractivity (Wildman–Crippen MR) is 110 cm³/mol. The molecular weight excluding hydrogens is 433 g/mol. The van der Waals surface area contributed by atoms with Gasteiger partial charge in [0.15, 0.2) is 0 Å². The van der Waals surface area contributed by atoms with Crippen molar-refractivity contribution in [3.63, 3.8) is 0 Å². The molecule has 166 valence electrons. The van der Waals surface area contributed by atoms with Crippen LogP contribution in [0, 0.1) is 5.41 Å². The first-order valence-corrected chi connectivity index (χ1v) is 10.1. The van der Waals surface area contributed by atoms with Crippen LogP contribution >= 0.6 is 11.6 Å². The minimum absolute atomic E-state index is 0.0209. The summed E-state index contributed by atoms with van der Waals surface area (Å²) >= 11 is 5.97. The number of nitrogens with zero attached hydrogens (tertiary/aromatic N) is 1. The highest BCUT2D eigenvalue weighted by Gasteiger charge is 2.39. The Morgan fingerprint density at radius 2 is 1.77 bits per heavy atom. The van der Waals surface area contributed by atoms with Crippen molar-refractivity contribution in [3.05, 3.63) is 64.7 Å². The summed E-state index contributed by atoms with van der Waals surface area (Å²) in [5.74, 6) is -0.402. The largest absolute Gasteiger partial charge is 0.493 e. The molecule has 3 rings (SSSR count). The van der Waals surface area contributed by atoms with Gasteiger partial charge in [-0.15, -0.1) is 0 Å². The maximum atomic E-state index is 13.0. The molecule has 0 spiro atoms. The molecule has 1 aliphatic heterocycles. The third-order valence-corrected chi connectivity index (χ3v) is 5.67. The van der Waals surface area contributed by atoms with Crippen molar-refractivity contribution >= 4 is 23.4 Å². The first-order valence-electron chi connectivity index (χ1n) is 9.71. The van der Waals surface area contributed by atoms with Crippen LogP contribution in [0.1, 0.15) is 35.2 Å². The molecule has 0 atom stereocenters. The normalized spacial score (nSPS) is 16.1. The Balaban J connectivity index is 1.69. The number of amides is 2. The van der Waals surface area contributed by atoms with Crippen LogP contribution in [0.15, 0.2) is 48.5 Å². The quantitative estimate of drug-likeness (QED) is 0.696. The fraction of sp³-hybridized carbons (Fsp3) is 0.364. The molecule has 5 nitrogen and oxygen atoms in total. The highest BCUT2D eigenvalue weighted by atomic mass is 35.5. The first kappa shape index (κ1) is 22.9. The van der Waals surface area contributed by atoms with Crippen molar-refractivity contribution in [1.82, 2.24) is 4.90 Å². The SMILES string of the molecule is NC(=O)CC1(COc2cccc(Cl)c2)CCN(C(=O)c2cccc(C(F)(F)F)c2)CC1. The van der Waals surface area contributed by atoms with Gasteiger partial charge in [-0.05, 0) is 49.2 Å². The molecule has 0 aliphatic carbocycles. The number of likely N-dealkylation sites (tertiary alicyclic amines) is 1. The molecule has 0 saturated carbocycles. The molecule has 9 heteroatoms. The predicted octanol–water partition coefficient (Wildman–Crippen LogP) is 4.54. The smallest absolute Gasteiger partial charge is 0.416 e. The fourth-order valence-electron chi connectivity index (χ4n) is 3.73. The molecule has 1 heterocycles. The summed E-state index contributed by atoms with van der Waals surface area (Å²) < 4.78 is 44.7. The van der Waals surface area contributed by atoms with E-state index in [-0.39, 0.29) is 31.7 Å². The molecule has 31 heavy (non-hydrogen) atoms. The van der Waals surface area contributed by atoms with Crippen LogP contribution in [0.4, 0.5) is 13.2 Å². The second-order valence-corrected chi connectivity index (χ2v) is 8.20. The van der Waals surface area contributed by atoms with E-state index < -0.39 is 29.0 Å². The molecule has 2 aromatic carbocycles. The van der Waals surface area contributed by atoms with E-state index in [1.807, 2.05) is 0 Å². The first-order chi connectivity index (χ1) is 14.6. The van der Waals surface area contributed by atoms with E-state index in [1.54, 1.807) is 24.3 Å².